The van der Waals surface area contributed by atoms with E-state index in [4.69, 9.17) is 5.73 Å². The van der Waals surface area contributed by atoms with Crippen molar-refractivity contribution in [2.24, 2.45) is 5.73 Å². The molecule has 0 unspecified atom stereocenters. The monoisotopic (exact) mass is 219 g/mol. The fraction of sp³-hybridized carbons (Fsp3) is 0.400. The van der Waals surface area contributed by atoms with Gasteiger partial charge in [0.2, 0.25) is 0 Å². The van der Waals surface area contributed by atoms with Crippen molar-refractivity contribution >= 4 is 0 Å². The molecule has 0 saturated carbocycles. The van der Waals surface area contributed by atoms with Crippen LogP contribution in [0.3, 0.4) is 0 Å². The number of halogens is 3. The zero-order chi connectivity index (χ0) is 11.5. The first-order valence-corrected chi connectivity index (χ1v) is 4.55. The van der Waals surface area contributed by atoms with E-state index < -0.39 is 11.7 Å². The Balaban J connectivity index is 3.09. The molecule has 15 heavy (non-hydrogen) atoms. The van der Waals surface area contributed by atoms with Crippen LogP contribution in [0.25, 0.3) is 0 Å². The van der Waals surface area contributed by atoms with E-state index >= 15 is 0 Å². The summed E-state index contributed by atoms with van der Waals surface area (Å²) in [4.78, 5) is 0. The van der Waals surface area contributed by atoms with Crippen LogP contribution in [0.2, 0.25) is 0 Å². The molecule has 1 aromatic carbocycles. The van der Waals surface area contributed by atoms with Gasteiger partial charge in [-0.05, 0) is 31.5 Å². The Labute approximate surface area is 85.5 Å². The minimum absolute atomic E-state index is 0.0737. The van der Waals surface area contributed by atoms with Gasteiger partial charge in [0.25, 0.3) is 0 Å². The number of hydrogen-bond donors (Lipinski definition) is 2. The van der Waals surface area contributed by atoms with E-state index in [0.29, 0.717) is 13.0 Å². The van der Waals surface area contributed by atoms with Crippen LogP contribution in [-0.2, 0) is 12.6 Å². The topological polar surface area (TPSA) is 46.2 Å². The lowest BCUT2D eigenvalue weighted by atomic mass is 10.0. The summed E-state index contributed by atoms with van der Waals surface area (Å²) < 4.78 is 37.5. The fourth-order valence-corrected chi connectivity index (χ4v) is 1.38. The van der Waals surface area contributed by atoms with E-state index in [1.807, 2.05) is 0 Å². The van der Waals surface area contributed by atoms with Crippen molar-refractivity contribution < 1.29 is 18.3 Å². The zero-order valence-electron chi connectivity index (χ0n) is 8.01. The van der Waals surface area contributed by atoms with Crippen LogP contribution in [0.15, 0.2) is 18.2 Å². The van der Waals surface area contributed by atoms with Gasteiger partial charge in [-0.1, -0.05) is 6.07 Å². The first-order valence-electron chi connectivity index (χ1n) is 4.55. The maximum absolute atomic E-state index is 12.5. The van der Waals surface area contributed by atoms with Gasteiger partial charge in [0.1, 0.15) is 5.75 Å². The van der Waals surface area contributed by atoms with E-state index in [1.54, 1.807) is 0 Å². The second kappa shape index (κ2) is 4.53. The molecular weight excluding hydrogens is 207 g/mol. The highest BCUT2D eigenvalue weighted by Gasteiger charge is 2.33. The SMILES string of the molecule is NCCCc1c(O)cccc1C(F)(F)F. The molecule has 2 nitrogen and oxygen atoms in total. The second-order valence-electron chi connectivity index (χ2n) is 3.19. The number of nitrogens with two attached hydrogens (primary N) is 1. The third-order valence-electron chi connectivity index (χ3n) is 2.09. The molecular formula is C10H12F3NO. The van der Waals surface area contributed by atoms with Gasteiger partial charge in [-0.15, -0.1) is 0 Å². The zero-order valence-corrected chi connectivity index (χ0v) is 8.01. The van der Waals surface area contributed by atoms with Gasteiger partial charge in [-0.3, -0.25) is 0 Å². The Kier molecular flexibility index (Phi) is 3.57. The summed E-state index contributed by atoms with van der Waals surface area (Å²) >= 11 is 0. The number of rotatable bonds is 3. The lowest BCUT2D eigenvalue weighted by Gasteiger charge is -2.13. The number of hydrogen-bond acceptors (Lipinski definition) is 2. The third-order valence-corrected chi connectivity index (χ3v) is 2.09. The summed E-state index contributed by atoms with van der Waals surface area (Å²) in [5.74, 6) is -0.321. The molecule has 0 fully saturated rings. The lowest BCUT2D eigenvalue weighted by molar-refractivity contribution is -0.138. The maximum atomic E-state index is 12.5. The van der Waals surface area contributed by atoms with Gasteiger partial charge in [0.15, 0.2) is 0 Å². The molecule has 0 spiro atoms. The molecule has 0 aliphatic rings. The van der Waals surface area contributed by atoms with Crippen molar-refractivity contribution in [3.63, 3.8) is 0 Å². The van der Waals surface area contributed by atoms with Crippen molar-refractivity contribution in [1.29, 1.82) is 0 Å². The van der Waals surface area contributed by atoms with Crippen molar-refractivity contribution in [1.82, 2.24) is 0 Å². The molecule has 0 aliphatic carbocycles. The van der Waals surface area contributed by atoms with Gasteiger partial charge < -0.3 is 10.8 Å². The van der Waals surface area contributed by atoms with Crippen LogP contribution < -0.4 is 5.73 Å². The van der Waals surface area contributed by atoms with E-state index in [1.165, 1.54) is 12.1 Å². The molecule has 0 aliphatic heterocycles. The highest BCUT2D eigenvalue weighted by molar-refractivity contribution is 5.40. The lowest BCUT2D eigenvalue weighted by Crippen LogP contribution is -2.10. The predicted molar refractivity (Wildman–Crippen MR) is 50.5 cm³/mol. The smallest absolute Gasteiger partial charge is 0.416 e. The summed E-state index contributed by atoms with van der Waals surface area (Å²) in [7, 11) is 0. The van der Waals surface area contributed by atoms with Crippen molar-refractivity contribution in [3.8, 4) is 5.75 Å². The van der Waals surface area contributed by atoms with E-state index in [-0.39, 0.29) is 17.7 Å². The Bertz CT molecular complexity index is 336. The largest absolute Gasteiger partial charge is 0.508 e. The molecule has 1 aromatic rings. The molecule has 1 rings (SSSR count). The average Bonchev–Trinajstić information content (AvgIpc) is 2.14. The summed E-state index contributed by atoms with van der Waals surface area (Å²) in [5, 5.41) is 9.34. The Morgan fingerprint density at radius 1 is 1.27 bits per heavy atom. The summed E-state index contributed by atoms with van der Waals surface area (Å²) in [6.45, 7) is 0.297. The number of aromatic hydroxyl groups is 1. The normalized spacial score (nSPS) is 11.7. The van der Waals surface area contributed by atoms with Crippen molar-refractivity contribution in [2.45, 2.75) is 19.0 Å². The number of phenolic OH excluding ortho intramolecular Hbond substituents is 1. The molecule has 0 bridgehead atoms. The molecule has 0 saturated heterocycles. The third kappa shape index (κ3) is 2.86. The van der Waals surface area contributed by atoms with Crippen LogP contribution in [0.4, 0.5) is 13.2 Å². The summed E-state index contributed by atoms with van der Waals surface area (Å²) in [6, 6.07) is 3.40. The van der Waals surface area contributed by atoms with Crippen LogP contribution in [0.1, 0.15) is 17.5 Å². The van der Waals surface area contributed by atoms with E-state index in [2.05, 4.69) is 0 Å². The van der Waals surface area contributed by atoms with E-state index in [0.717, 1.165) is 6.07 Å². The molecule has 0 atom stereocenters. The number of benzene rings is 1. The molecule has 84 valence electrons. The summed E-state index contributed by atoms with van der Waals surface area (Å²) in [5.41, 5.74) is 4.37. The maximum Gasteiger partial charge on any atom is 0.416 e. The molecule has 0 aromatic heterocycles. The molecule has 0 radical (unpaired) electrons. The standard InChI is InChI=1S/C10H12F3NO/c11-10(12,13)8-4-1-5-9(15)7(8)3-2-6-14/h1,4-5,15H,2-3,6,14H2. The molecule has 0 heterocycles. The quantitative estimate of drug-likeness (QED) is 0.819. The van der Waals surface area contributed by atoms with Crippen LogP contribution >= 0.6 is 0 Å². The highest BCUT2D eigenvalue weighted by Crippen LogP contribution is 2.35. The Morgan fingerprint density at radius 3 is 2.47 bits per heavy atom. The Hall–Kier alpha value is -1.23. The Morgan fingerprint density at radius 2 is 1.93 bits per heavy atom. The van der Waals surface area contributed by atoms with Crippen LogP contribution in [-0.4, -0.2) is 11.7 Å². The van der Waals surface area contributed by atoms with Crippen LogP contribution in [0, 0.1) is 0 Å². The minimum Gasteiger partial charge on any atom is -0.508 e. The first-order chi connectivity index (χ1) is 6.96. The second-order valence-corrected chi connectivity index (χ2v) is 3.19. The van der Waals surface area contributed by atoms with Gasteiger partial charge in [-0.25, -0.2) is 0 Å². The average molecular weight is 219 g/mol. The fourth-order valence-electron chi connectivity index (χ4n) is 1.38. The summed E-state index contributed by atoms with van der Waals surface area (Å²) in [6.07, 6.45) is -3.87. The predicted octanol–water partition coefficient (Wildman–Crippen LogP) is 2.30. The van der Waals surface area contributed by atoms with Gasteiger partial charge in [-0.2, -0.15) is 13.2 Å². The number of phenols is 1. The van der Waals surface area contributed by atoms with Gasteiger partial charge in [0, 0.05) is 5.56 Å². The highest BCUT2D eigenvalue weighted by atomic mass is 19.4. The number of alkyl halides is 3. The minimum atomic E-state index is -4.43. The van der Waals surface area contributed by atoms with Crippen molar-refractivity contribution in [3.05, 3.63) is 29.3 Å². The molecule has 3 N–H and O–H groups in total. The molecule has 5 heteroatoms. The first kappa shape index (κ1) is 11.8. The van der Waals surface area contributed by atoms with E-state index in [9.17, 15) is 18.3 Å². The van der Waals surface area contributed by atoms with Crippen LogP contribution in [0.5, 0.6) is 5.75 Å². The van der Waals surface area contributed by atoms with Crippen molar-refractivity contribution in [2.75, 3.05) is 6.54 Å². The molecule has 0 amide bonds. The van der Waals surface area contributed by atoms with Gasteiger partial charge in [0.05, 0.1) is 5.56 Å². The van der Waals surface area contributed by atoms with Gasteiger partial charge >= 0.3 is 6.18 Å².